The topological polar surface area (TPSA) is 53.7 Å². The Bertz CT molecular complexity index is 647. The summed E-state index contributed by atoms with van der Waals surface area (Å²) in [6.45, 7) is 5.64. The van der Waals surface area contributed by atoms with Crippen LogP contribution in [-0.2, 0) is 6.61 Å². The fourth-order valence-corrected chi connectivity index (χ4v) is 2.45. The molecule has 0 saturated heterocycles. The van der Waals surface area contributed by atoms with E-state index in [-0.39, 0.29) is 0 Å². The van der Waals surface area contributed by atoms with Gasteiger partial charge in [0.15, 0.2) is 11.5 Å². The van der Waals surface area contributed by atoms with E-state index >= 15 is 0 Å². The van der Waals surface area contributed by atoms with Gasteiger partial charge >= 0.3 is 0 Å². The molecule has 3 rings (SSSR count). The van der Waals surface area contributed by atoms with Gasteiger partial charge in [0.25, 0.3) is 0 Å². The minimum atomic E-state index is 0.408. The maximum atomic E-state index is 6.05. The van der Waals surface area contributed by atoms with Crippen LogP contribution in [0, 0.1) is 13.8 Å². The SMILES string of the molecule is Cc1cc(C)cc(OCc2cc3c(cc2N)OCCO3)c1. The molecule has 0 aliphatic carbocycles. The molecule has 110 valence electrons. The predicted molar refractivity (Wildman–Crippen MR) is 82.1 cm³/mol. The van der Waals surface area contributed by atoms with E-state index in [0.717, 1.165) is 17.1 Å². The predicted octanol–water partition coefficient (Wildman–Crippen LogP) is 3.24. The van der Waals surface area contributed by atoms with Crippen molar-refractivity contribution in [1.29, 1.82) is 0 Å². The van der Waals surface area contributed by atoms with Gasteiger partial charge in [0.05, 0.1) is 0 Å². The highest BCUT2D eigenvalue weighted by Gasteiger charge is 2.15. The van der Waals surface area contributed by atoms with Crippen molar-refractivity contribution in [1.82, 2.24) is 0 Å². The van der Waals surface area contributed by atoms with Crippen molar-refractivity contribution in [2.45, 2.75) is 20.5 Å². The van der Waals surface area contributed by atoms with Crippen LogP contribution in [0.25, 0.3) is 0 Å². The van der Waals surface area contributed by atoms with E-state index in [2.05, 4.69) is 19.9 Å². The Kier molecular flexibility index (Phi) is 3.60. The maximum absolute atomic E-state index is 6.05. The second-order valence-electron chi connectivity index (χ2n) is 5.31. The Morgan fingerprint density at radius 2 is 1.57 bits per heavy atom. The summed E-state index contributed by atoms with van der Waals surface area (Å²) in [7, 11) is 0. The molecule has 2 aromatic carbocycles. The number of nitrogens with two attached hydrogens (primary N) is 1. The molecule has 0 fully saturated rings. The summed E-state index contributed by atoms with van der Waals surface area (Å²) >= 11 is 0. The second kappa shape index (κ2) is 5.56. The molecule has 0 saturated carbocycles. The standard InChI is InChI=1S/C17H19NO3/c1-11-5-12(2)7-14(6-11)21-10-13-8-16-17(9-15(13)18)20-4-3-19-16/h5-9H,3-4,10,18H2,1-2H3. The van der Waals surface area contributed by atoms with Crippen molar-refractivity contribution in [3.63, 3.8) is 0 Å². The molecule has 1 heterocycles. The molecule has 1 aliphatic heterocycles. The van der Waals surface area contributed by atoms with Crippen LogP contribution >= 0.6 is 0 Å². The molecule has 0 aromatic heterocycles. The van der Waals surface area contributed by atoms with Crippen molar-refractivity contribution < 1.29 is 14.2 Å². The van der Waals surface area contributed by atoms with Crippen LogP contribution in [0.5, 0.6) is 17.2 Å². The van der Waals surface area contributed by atoms with E-state index in [1.807, 2.05) is 18.2 Å². The van der Waals surface area contributed by atoms with Crippen LogP contribution in [0.3, 0.4) is 0 Å². The summed E-state index contributed by atoms with van der Waals surface area (Å²) in [6.07, 6.45) is 0. The van der Waals surface area contributed by atoms with Crippen molar-refractivity contribution in [2.75, 3.05) is 18.9 Å². The van der Waals surface area contributed by atoms with Gasteiger partial charge in [-0.05, 0) is 43.2 Å². The van der Waals surface area contributed by atoms with Gasteiger partial charge in [-0.15, -0.1) is 0 Å². The highest BCUT2D eigenvalue weighted by molar-refractivity contribution is 5.58. The molecule has 4 nitrogen and oxygen atoms in total. The average molecular weight is 285 g/mol. The lowest BCUT2D eigenvalue weighted by atomic mass is 10.1. The maximum Gasteiger partial charge on any atom is 0.163 e. The van der Waals surface area contributed by atoms with Crippen molar-refractivity contribution in [3.8, 4) is 17.2 Å². The van der Waals surface area contributed by atoms with E-state index in [1.165, 1.54) is 11.1 Å². The summed E-state index contributed by atoms with van der Waals surface area (Å²) in [5, 5.41) is 0. The molecule has 0 atom stereocenters. The first-order valence-electron chi connectivity index (χ1n) is 7.01. The zero-order valence-electron chi connectivity index (χ0n) is 12.3. The number of hydrogen-bond donors (Lipinski definition) is 1. The lowest BCUT2D eigenvalue weighted by molar-refractivity contribution is 0.171. The molecule has 0 radical (unpaired) electrons. The average Bonchev–Trinajstić information content (AvgIpc) is 2.44. The van der Waals surface area contributed by atoms with E-state index in [0.29, 0.717) is 31.3 Å². The van der Waals surface area contributed by atoms with Gasteiger partial charge in [0, 0.05) is 17.3 Å². The Morgan fingerprint density at radius 1 is 0.952 bits per heavy atom. The smallest absolute Gasteiger partial charge is 0.163 e. The Morgan fingerprint density at radius 3 is 2.24 bits per heavy atom. The fourth-order valence-electron chi connectivity index (χ4n) is 2.45. The minimum Gasteiger partial charge on any atom is -0.489 e. The monoisotopic (exact) mass is 285 g/mol. The Labute approximate surface area is 124 Å². The zero-order valence-corrected chi connectivity index (χ0v) is 12.3. The van der Waals surface area contributed by atoms with Gasteiger partial charge in [-0.1, -0.05) is 6.07 Å². The van der Waals surface area contributed by atoms with Crippen LogP contribution in [0.2, 0.25) is 0 Å². The second-order valence-corrected chi connectivity index (χ2v) is 5.31. The van der Waals surface area contributed by atoms with Crippen molar-refractivity contribution in [3.05, 3.63) is 47.0 Å². The summed E-state index contributed by atoms with van der Waals surface area (Å²) in [5.74, 6) is 2.28. The van der Waals surface area contributed by atoms with Crippen molar-refractivity contribution in [2.24, 2.45) is 0 Å². The van der Waals surface area contributed by atoms with Gasteiger partial charge < -0.3 is 19.9 Å². The first-order chi connectivity index (χ1) is 10.1. The fraction of sp³-hybridized carbons (Fsp3) is 0.294. The van der Waals surface area contributed by atoms with Crippen LogP contribution < -0.4 is 19.9 Å². The number of ether oxygens (including phenoxy) is 3. The molecule has 2 N–H and O–H groups in total. The zero-order chi connectivity index (χ0) is 14.8. The molecule has 4 heteroatoms. The minimum absolute atomic E-state index is 0.408. The summed E-state index contributed by atoms with van der Waals surface area (Å²) in [6, 6.07) is 9.84. The third-order valence-electron chi connectivity index (χ3n) is 3.39. The van der Waals surface area contributed by atoms with Gasteiger partial charge in [-0.25, -0.2) is 0 Å². The molecule has 0 spiro atoms. The normalized spacial score (nSPS) is 13.0. The highest BCUT2D eigenvalue weighted by atomic mass is 16.6. The van der Waals surface area contributed by atoms with Crippen molar-refractivity contribution >= 4 is 5.69 Å². The van der Waals surface area contributed by atoms with E-state index in [1.54, 1.807) is 6.07 Å². The van der Waals surface area contributed by atoms with E-state index in [9.17, 15) is 0 Å². The number of benzene rings is 2. The van der Waals surface area contributed by atoms with Crippen LogP contribution in [-0.4, -0.2) is 13.2 Å². The quantitative estimate of drug-likeness (QED) is 0.880. The molecule has 2 aromatic rings. The summed E-state index contributed by atoms with van der Waals surface area (Å²) in [4.78, 5) is 0. The number of aryl methyl sites for hydroxylation is 2. The molecule has 0 unspecified atom stereocenters. The van der Waals surface area contributed by atoms with E-state index in [4.69, 9.17) is 19.9 Å². The summed E-state index contributed by atoms with van der Waals surface area (Å²) < 4.78 is 16.9. The summed E-state index contributed by atoms with van der Waals surface area (Å²) in [5.41, 5.74) is 9.97. The third kappa shape index (κ3) is 3.05. The number of nitrogen functional groups attached to an aromatic ring is 1. The third-order valence-corrected chi connectivity index (χ3v) is 3.39. The first-order valence-corrected chi connectivity index (χ1v) is 7.01. The van der Waals surface area contributed by atoms with Gasteiger partial charge in [-0.2, -0.15) is 0 Å². The van der Waals surface area contributed by atoms with Gasteiger partial charge in [-0.3, -0.25) is 0 Å². The van der Waals surface area contributed by atoms with Gasteiger partial charge in [0.2, 0.25) is 0 Å². The number of rotatable bonds is 3. The molecule has 0 bridgehead atoms. The molecular weight excluding hydrogens is 266 g/mol. The number of hydrogen-bond acceptors (Lipinski definition) is 4. The lowest BCUT2D eigenvalue weighted by Crippen LogP contribution is -2.16. The highest BCUT2D eigenvalue weighted by Crippen LogP contribution is 2.34. The van der Waals surface area contributed by atoms with Gasteiger partial charge in [0.1, 0.15) is 25.6 Å². The number of anilines is 1. The number of fused-ring (bicyclic) bond motifs is 1. The largest absolute Gasteiger partial charge is 0.489 e. The Balaban J connectivity index is 1.78. The lowest BCUT2D eigenvalue weighted by Gasteiger charge is -2.20. The van der Waals surface area contributed by atoms with Crippen LogP contribution in [0.4, 0.5) is 5.69 Å². The van der Waals surface area contributed by atoms with Crippen LogP contribution in [0.15, 0.2) is 30.3 Å². The molecule has 21 heavy (non-hydrogen) atoms. The first kappa shape index (κ1) is 13.6. The molecule has 0 amide bonds. The van der Waals surface area contributed by atoms with E-state index < -0.39 is 0 Å². The van der Waals surface area contributed by atoms with Crippen LogP contribution in [0.1, 0.15) is 16.7 Å². The molecular formula is C17H19NO3. The Hall–Kier alpha value is -2.36. The molecule has 1 aliphatic rings.